The molecule has 0 unspecified atom stereocenters. The molecule has 88 valence electrons. The first-order valence-electron chi connectivity index (χ1n) is 5.46. The maximum atomic E-state index is 11.9. The molecule has 0 spiro atoms. The van der Waals surface area contributed by atoms with E-state index in [4.69, 9.17) is 0 Å². The topological polar surface area (TPSA) is 29.1 Å². The molecule has 0 aliphatic carbocycles. The second-order valence-electron chi connectivity index (χ2n) is 3.24. The molecular weight excluding hydrogens is 238 g/mol. The molecule has 0 heterocycles. The highest BCUT2D eigenvalue weighted by Crippen LogP contribution is 2.32. The van der Waals surface area contributed by atoms with Gasteiger partial charge in [0.25, 0.3) is 5.91 Å². The van der Waals surface area contributed by atoms with E-state index in [2.05, 4.69) is 12.2 Å². The fourth-order valence-corrected chi connectivity index (χ4v) is 2.98. The molecule has 1 rings (SSSR count). The monoisotopic (exact) mass is 255 g/mol. The van der Waals surface area contributed by atoms with Crippen molar-refractivity contribution in [1.29, 1.82) is 0 Å². The van der Waals surface area contributed by atoms with Crippen LogP contribution in [-0.2, 0) is 0 Å². The predicted molar refractivity (Wildman–Crippen MR) is 73.1 cm³/mol. The van der Waals surface area contributed by atoms with Crippen molar-refractivity contribution in [3.05, 3.63) is 29.8 Å². The summed E-state index contributed by atoms with van der Waals surface area (Å²) in [6, 6.07) is 7.74. The molecule has 1 aromatic carbocycles. The third kappa shape index (κ3) is 4.10. The van der Waals surface area contributed by atoms with Gasteiger partial charge < -0.3 is 5.32 Å². The normalized spacial score (nSPS) is 10.1. The summed E-state index contributed by atoms with van der Waals surface area (Å²) in [5.41, 5.74) is 0.780. The minimum atomic E-state index is 0.0293. The van der Waals surface area contributed by atoms with Crippen LogP contribution in [0.15, 0.2) is 29.2 Å². The fraction of sp³-hybridized carbons (Fsp3) is 0.417. The Hall–Kier alpha value is -0.610. The van der Waals surface area contributed by atoms with Gasteiger partial charge in [0.05, 0.1) is 5.56 Å². The van der Waals surface area contributed by atoms with Gasteiger partial charge in [-0.05, 0) is 18.6 Å². The Bertz CT molecular complexity index is 342. The zero-order valence-electron chi connectivity index (χ0n) is 9.66. The summed E-state index contributed by atoms with van der Waals surface area (Å²) in [5, 5.41) is 2.90. The van der Waals surface area contributed by atoms with Crippen molar-refractivity contribution < 1.29 is 4.79 Å². The third-order valence-corrected chi connectivity index (χ3v) is 4.42. The molecule has 0 saturated carbocycles. The van der Waals surface area contributed by atoms with Gasteiger partial charge in [0.15, 0.2) is 0 Å². The number of carbonyl (C=O) groups excluding carboxylic acids is 1. The van der Waals surface area contributed by atoms with Crippen molar-refractivity contribution >= 4 is 27.5 Å². The van der Waals surface area contributed by atoms with Crippen molar-refractivity contribution in [2.45, 2.75) is 25.2 Å². The number of rotatable bonds is 6. The van der Waals surface area contributed by atoms with Crippen LogP contribution in [0.3, 0.4) is 0 Å². The molecule has 0 aliphatic heterocycles. The molecule has 16 heavy (non-hydrogen) atoms. The van der Waals surface area contributed by atoms with Crippen LogP contribution >= 0.6 is 21.6 Å². The Balaban J connectivity index is 2.73. The first kappa shape index (κ1) is 13.5. The van der Waals surface area contributed by atoms with Crippen molar-refractivity contribution in [3.8, 4) is 0 Å². The number of benzene rings is 1. The van der Waals surface area contributed by atoms with Crippen LogP contribution in [0.25, 0.3) is 0 Å². The Kier molecular flexibility index (Phi) is 6.42. The molecule has 1 N–H and O–H groups in total. The Morgan fingerprint density at radius 3 is 2.75 bits per heavy atom. The average Bonchev–Trinajstić information content (AvgIpc) is 2.33. The van der Waals surface area contributed by atoms with E-state index in [1.165, 1.54) is 0 Å². The van der Waals surface area contributed by atoms with Crippen molar-refractivity contribution in [3.63, 3.8) is 0 Å². The Morgan fingerprint density at radius 2 is 2.06 bits per heavy atom. The number of amides is 1. The van der Waals surface area contributed by atoms with E-state index in [-0.39, 0.29) is 5.91 Å². The van der Waals surface area contributed by atoms with Crippen LogP contribution < -0.4 is 5.32 Å². The maximum absolute atomic E-state index is 11.9. The molecule has 2 nitrogen and oxygen atoms in total. The third-order valence-electron chi connectivity index (χ3n) is 1.93. The number of nitrogens with one attached hydrogen (secondary N) is 1. The lowest BCUT2D eigenvalue weighted by Gasteiger charge is -2.08. The summed E-state index contributed by atoms with van der Waals surface area (Å²) < 4.78 is 0. The molecular formula is C12H17NOS2. The molecule has 1 amide bonds. The summed E-state index contributed by atoms with van der Waals surface area (Å²) in [6.07, 6.45) is 0.963. The van der Waals surface area contributed by atoms with Crippen LogP contribution in [0.2, 0.25) is 0 Å². The van der Waals surface area contributed by atoms with Gasteiger partial charge in [-0.1, -0.05) is 47.6 Å². The molecule has 0 fully saturated rings. The van der Waals surface area contributed by atoms with E-state index in [0.717, 1.165) is 29.2 Å². The van der Waals surface area contributed by atoms with Crippen LogP contribution in [0.4, 0.5) is 0 Å². The summed E-state index contributed by atoms with van der Waals surface area (Å²) in [5.74, 6) is 1.07. The first-order chi connectivity index (χ1) is 7.79. The molecule has 0 radical (unpaired) electrons. The van der Waals surface area contributed by atoms with E-state index < -0.39 is 0 Å². The highest BCUT2D eigenvalue weighted by Gasteiger charge is 2.10. The molecule has 0 atom stereocenters. The van der Waals surface area contributed by atoms with E-state index in [1.54, 1.807) is 21.6 Å². The number of carbonyl (C=O) groups is 1. The maximum Gasteiger partial charge on any atom is 0.252 e. The Labute approximate surface area is 105 Å². The lowest BCUT2D eigenvalue weighted by molar-refractivity contribution is 0.0951. The number of hydrogen-bond donors (Lipinski definition) is 1. The zero-order valence-corrected chi connectivity index (χ0v) is 11.3. The largest absolute Gasteiger partial charge is 0.352 e. The van der Waals surface area contributed by atoms with Crippen molar-refractivity contribution in [1.82, 2.24) is 5.32 Å². The summed E-state index contributed by atoms with van der Waals surface area (Å²) in [4.78, 5) is 12.9. The fourth-order valence-electron chi connectivity index (χ4n) is 1.18. The van der Waals surface area contributed by atoms with Crippen molar-refractivity contribution in [2.75, 3.05) is 12.3 Å². The summed E-state index contributed by atoms with van der Waals surface area (Å²) >= 11 is 0. The molecule has 4 heteroatoms. The van der Waals surface area contributed by atoms with E-state index in [1.807, 2.05) is 31.2 Å². The Morgan fingerprint density at radius 1 is 1.31 bits per heavy atom. The van der Waals surface area contributed by atoms with Crippen LogP contribution in [0.5, 0.6) is 0 Å². The van der Waals surface area contributed by atoms with E-state index >= 15 is 0 Å². The molecule has 0 bridgehead atoms. The lowest BCUT2D eigenvalue weighted by atomic mass is 10.2. The standard InChI is InChI=1S/C12H17NOS2/c1-3-9-13-12(14)10-7-5-6-8-11(10)16-15-4-2/h5-8H,3-4,9H2,1-2H3,(H,13,14). The van der Waals surface area contributed by atoms with Gasteiger partial charge in [-0.25, -0.2) is 0 Å². The molecule has 0 aliphatic rings. The van der Waals surface area contributed by atoms with Gasteiger partial charge in [0.2, 0.25) is 0 Å². The first-order valence-corrected chi connectivity index (χ1v) is 7.78. The smallest absolute Gasteiger partial charge is 0.252 e. The van der Waals surface area contributed by atoms with Gasteiger partial charge >= 0.3 is 0 Å². The predicted octanol–water partition coefficient (Wildman–Crippen LogP) is 3.59. The number of hydrogen-bond acceptors (Lipinski definition) is 3. The molecule has 0 aromatic heterocycles. The van der Waals surface area contributed by atoms with Gasteiger partial charge in [-0.15, -0.1) is 0 Å². The van der Waals surface area contributed by atoms with Crippen LogP contribution in [-0.4, -0.2) is 18.2 Å². The zero-order chi connectivity index (χ0) is 11.8. The highest BCUT2D eigenvalue weighted by molar-refractivity contribution is 8.76. The van der Waals surface area contributed by atoms with E-state index in [0.29, 0.717) is 0 Å². The lowest BCUT2D eigenvalue weighted by Crippen LogP contribution is -2.24. The summed E-state index contributed by atoms with van der Waals surface area (Å²) in [6.45, 7) is 4.89. The van der Waals surface area contributed by atoms with Gasteiger partial charge in [-0.3, -0.25) is 4.79 Å². The van der Waals surface area contributed by atoms with Gasteiger partial charge in [0, 0.05) is 17.2 Å². The summed E-state index contributed by atoms with van der Waals surface area (Å²) in [7, 11) is 3.42. The molecule has 1 aromatic rings. The van der Waals surface area contributed by atoms with Crippen LogP contribution in [0.1, 0.15) is 30.6 Å². The van der Waals surface area contributed by atoms with E-state index in [9.17, 15) is 4.79 Å². The van der Waals surface area contributed by atoms with Gasteiger partial charge in [0.1, 0.15) is 0 Å². The average molecular weight is 255 g/mol. The second-order valence-corrected chi connectivity index (χ2v) is 5.87. The SMILES string of the molecule is CCCNC(=O)c1ccccc1SSCC. The second kappa shape index (κ2) is 7.63. The molecule has 0 saturated heterocycles. The minimum Gasteiger partial charge on any atom is -0.352 e. The minimum absolute atomic E-state index is 0.0293. The quantitative estimate of drug-likeness (QED) is 0.788. The van der Waals surface area contributed by atoms with Gasteiger partial charge in [-0.2, -0.15) is 0 Å². The van der Waals surface area contributed by atoms with Crippen molar-refractivity contribution in [2.24, 2.45) is 0 Å². The van der Waals surface area contributed by atoms with Crippen LogP contribution in [0, 0.1) is 0 Å². The highest BCUT2D eigenvalue weighted by atomic mass is 33.1.